The van der Waals surface area contributed by atoms with Crippen LogP contribution in [-0.2, 0) is 16.2 Å². The molecule has 0 bridgehead atoms. The minimum absolute atomic E-state index is 0.105. The van der Waals surface area contributed by atoms with Gasteiger partial charge in [-0.05, 0) is 153 Å². The van der Waals surface area contributed by atoms with Crippen LogP contribution >= 0.6 is 0 Å². The average molecular weight is 1140 g/mol. The van der Waals surface area contributed by atoms with Gasteiger partial charge in [0.2, 0.25) is 0 Å². The summed E-state index contributed by atoms with van der Waals surface area (Å²) < 4.78 is 49.8. The number of anilines is 3. The van der Waals surface area contributed by atoms with Crippen molar-refractivity contribution in [3.63, 3.8) is 0 Å². The Morgan fingerprint density at radius 1 is 0.341 bits per heavy atom. The molecule has 0 spiro atoms. The first-order chi connectivity index (χ1) is 44.6. The molecule has 0 saturated carbocycles. The Hall–Kier alpha value is -9.90. The first-order valence-electron chi connectivity index (χ1n) is 33.5. The Morgan fingerprint density at radius 2 is 0.898 bits per heavy atom. The van der Waals surface area contributed by atoms with Crippen LogP contribution in [-0.4, -0.2) is 15.7 Å². The van der Waals surface area contributed by atoms with Gasteiger partial charge in [-0.15, -0.1) is 0 Å². The summed E-state index contributed by atoms with van der Waals surface area (Å²) in [5.74, 6) is 0. The standard InChI is InChI=1S/C84H68BN3/c1-82(2,3)57-43-56(44-58(47-57)83(4,5)6)55-37-41-70-74(46-55)86(60-39-35-53(36-40-60)51-23-12-10-13-24-51)81-77-67-33-22-32-66-64-30-19-17-28-62(64)61-27-16-18-29-63(61)65-31-20-21-34-72(65)87(79(66)67)75(77)50-76-78(81)85(70)71-49-59(84(7,8)9)48-69-68-45-54(52-25-14-11-15-26-52)38-42-73(68)88(76)80(69)71/h10-50H,1-9H3/i11D,14D,15D,25D,26D. The Kier molecular flexibility index (Phi) is 10.1. The predicted molar refractivity (Wildman–Crippen MR) is 380 cm³/mol. The highest BCUT2D eigenvalue weighted by atomic mass is 15.2. The van der Waals surface area contributed by atoms with E-state index < -0.39 is 6.04 Å². The Bertz CT molecular complexity index is 5760. The highest BCUT2D eigenvalue weighted by molar-refractivity contribution is 7.00. The minimum atomic E-state index is -0.407. The summed E-state index contributed by atoms with van der Waals surface area (Å²) in [5, 5.41) is 11.2. The molecule has 0 unspecified atom stereocenters. The fraction of sp³-hybridized carbons (Fsp3) is 0.143. The van der Waals surface area contributed by atoms with Gasteiger partial charge < -0.3 is 13.9 Å². The third-order valence-corrected chi connectivity index (χ3v) is 19.4. The minimum Gasteiger partial charge on any atom is -0.311 e. The SMILES string of the molecule is [2H]c1c([2H])c([2H])c(-c2ccc3c(c2)c2cc(C(C)(C)C)cc4c2n3-c2cc3c(c5c2B4c2ccc(-c4cc(C(C)(C)C)cc(C(C)(C)C)c4)cc2N5c2ccc(-c4ccccc4)cc2)c2cccc4c5ccccc5c5ccccc5c5ccccc5n3c42)c([2H])c1[2H]. The van der Waals surface area contributed by atoms with Gasteiger partial charge in [-0.2, -0.15) is 0 Å². The third kappa shape index (κ3) is 7.77. The smallest absolute Gasteiger partial charge is 0.252 e. The van der Waals surface area contributed by atoms with Crippen LogP contribution in [0, 0.1) is 0 Å². The van der Waals surface area contributed by atoms with Crippen LogP contribution in [0.25, 0.3) is 121 Å². The molecule has 0 aliphatic carbocycles. The van der Waals surface area contributed by atoms with E-state index in [1.807, 2.05) is 6.07 Å². The summed E-state index contributed by atoms with van der Waals surface area (Å²) in [6.45, 7) is 20.5. The molecule has 3 aromatic heterocycles. The molecular weight excluding hydrogens is 1060 g/mol. The van der Waals surface area contributed by atoms with Crippen molar-refractivity contribution in [1.29, 1.82) is 0 Å². The van der Waals surface area contributed by atoms with Gasteiger partial charge in [-0.25, -0.2) is 0 Å². The van der Waals surface area contributed by atoms with E-state index in [0.717, 1.165) is 110 Å². The van der Waals surface area contributed by atoms with Crippen molar-refractivity contribution in [1.82, 2.24) is 8.97 Å². The van der Waals surface area contributed by atoms with E-state index in [1.165, 1.54) is 49.4 Å². The molecule has 88 heavy (non-hydrogen) atoms. The van der Waals surface area contributed by atoms with Gasteiger partial charge in [0.1, 0.15) is 0 Å². The number of fused-ring (bicyclic) bond motifs is 18. The number of rotatable bonds is 4. The third-order valence-electron chi connectivity index (χ3n) is 19.4. The van der Waals surface area contributed by atoms with Gasteiger partial charge in [0, 0.05) is 54.9 Å². The number of hydrogen-bond donors (Lipinski definition) is 0. The van der Waals surface area contributed by atoms with E-state index in [0.29, 0.717) is 5.56 Å². The molecule has 2 aliphatic rings. The zero-order valence-corrected chi connectivity index (χ0v) is 51.2. The zero-order chi connectivity index (χ0) is 64.0. The van der Waals surface area contributed by atoms with Gasteiger partial charge in [0.25, 0.3) is 6.71 Å². The Morgan fingerprint density at radius 3 is 1.58 bits per heavy atom. The summed E-state index contributed by atoms with van der Waals surface area (Å²) in [5.41, 5.74) is 21.9. The fourth-order valence-electron chi connectivity index (χ4n) is 14.9. The van der Waals surface area contributed by atoms with E-state index in [4.69, 9.17) is 4.11 Å². The number of hydrogen-bond acceptors (Lipinski definition) is 1. The number of benzene rings is 12. The molecule has 15 aromatic rings. The Balaban J connectivity index is 1.10. The lowest BCUT2D eigenvalue weighted by Gasteiger charge is -2.41. The van der Waals surface area contributed by atoms with E-state index in [1.54, 1.807) is 0 Å². The van der Waals surface area contributed by atoms with Crippen LogP contribution in [0.1, 0.15) is 85.9 Å². The van der Waals surface area contributed by atoms with Gasteiger partial charge >= 0.3 is 0 Å². The fourth-order valence-corrected chi connectivity index (χ4v) is 14.9. The van der Waals surface area contributed by atoms with Crippen molar-refractivity contribution in [3.8, 4) is 39.1 Å². The maximum absolute atomic E-state index is 9.26. The predicted octanol–water partition coefficient (Wildman–Crippen LogP) is 20.9. The van der Waals surface area contributed by atoms with Crippen molar-refractivity contribution in [2.24, 2.45) is 0 Å². The second kappa shape index (κ2) is 18.8. The first-order valence-corrected chi connectivity index (χ1v) is 31.0. The second-order valence-electron chi connectivity index (χ2n) is 27.7. The number of nitrogens with zero attached hydrogens (tertiary/aromatic N) is 3. The maximum Gasteiger partial charge on any atom is 0.252 e. The van der Waals surface area contributed by atoms with Crippen LogP contribution in [0.3, 0.4) is 0 Å². The largest absolute Gasteiger partial charge is 0.311 e. The first kappa shape index (κ1) is 47.3. The lowest BCUT2D eigenvalue weighted by Crippen LogP contribution is -2.60. The molecular formula is C84H68BN3. The Labute approximate surface area is 522 Å². The average Bonchev–Trinajstić information content (AvgIpc) is 1.59. The molecule has 0 atom stereocenters. The lowest BCUT2D eigenvalue weighted by molar-refractivity contribution is 0.569. The topological polar surface area (TPSA) is 12.6 Å². The molecule has 0 amide bonds. The van der Waals surface area contributed by atoms with Crippen molar-refractivity contribution < 1.29 is 6.85 Å². The van der Waals surface area contributed by atoms with E-state index in [-0.39, 0.29) is 52.7 Å². The zero-order valence-electron chi connectivity index (χ0n) is 56.2. The summed E-state index contributed by atoms with van der Waals surface area (Å²) >= 11 is 0. The molecule has 3 nitrogen and oxygen atoms in total. The molecule has 0 fully saturated rings. The molecule has 17 rings (SSSR count). The van der Waals surface area contributed by atoms with Crippen molar-refractivity contribution >= 4 is 122 Å². The molecule has 5 heterocycles. The van der Waals surface area contributed by atoms with Gasteiger partial charge in [0.05, 0.1) is 34.6 Å². The molecule has 0 radical (unpaired) electrons. The number of aromatic nitrogens is 2. The molecule has 2 aliphatic heterocycles. The van der Waals surface area contributed by atoms with E-state index >= 15 is 0 Å². The van der Waals surface area contributed by atoms with E-state index in [2.05, 4.69) is 289 Å². The second-order valence-corrected chi connectivity index (χ2v) is 27.7. The summed E-state index contributed by atoms with van der Waals surface area (Å²) in [7, 11) is 0. The monoisotopic (exact) mass is 1130 g/mol. The van der Waals surface area contributed by atoms with Crippen molar-refractivity contribution in [2.45, 2.75) is 78.6 Å². The van der Waals surface area contributed by atoms with Crippen LogP contribution < -0.4 is 21.3 Å². The molecule has 4 heteroatoms. The summed E-state index contributed by atoms with van der Waals surface area (Å²) in [6, 6.07) is 80.1. The van der Waals surface area contributed by atoms with Gasteiger partial charge in [-0.1, -0.05) is 262 Å². The number of para-hydroxylation sites is 2. The van der Waals surface area contributed by atoms with Crippen LogP contribution in [0.15, 0.2) is 249 Å². The maximum atomic E-state index is 9.26. The highest BCUT2D eigenvalue weighted by Gasteiger charge is 2.45. The van der Waals surface area contributed by atoms with Gasteiger partial charge in [0.15, 0.2) is 0 Å². The van der Waals surface area contributed by atoms with Crippen molar-refractivity contribution in [2.75, 3.05) is 4.90 Å². The summed E-state index contributed by atoms with van der Waals surface area (Å²) in [6.07, 6.45) is 0. The van der Waals surface area contributed by atoms with E-state index in [9.17, 15) is 2.74 Å². The molecule has 0 saturated heterocycles. The molecule has 0 N–H and O–H groups in total. The normalized spacial score (nSPS) is 14.0. The van der Waals surface area contributed by atoms with Crippen LogP contribution in [0.5, 0.6) is 0 Å². The van der Waals surface area contributed by atoms with Gasteiger partial charge in [-0.3, -0.25) is 0 Å². The molecule has 422 valence electrons. The van der Waals surface area contributed by atoms with Crippen LogP contribution in [0.2, 0.25) is 0 Å². The highest BCUT2D eigenvalue weighted by Crippen LogP contribution is 2.51. The van der Waals surface area contributed by atoms with Crippen molar-refractivity contribution in [3.05, 3.63) is 265 Å². The summed E-state index contributed by atoms with van der Waals surface area (Å²) in [4.78, 5) is 2.61. The lowest BCUT2D eigenvalue weighted by atomic mass is 9.33. The quantitative estimate of drug-likeness (QED) is 0.160. The molecule has 12 aromatic carbocycles. The van der Waals surface area contributed by atoms with Crippen LogP contribution in [0.4, 0.5) is 17.1 Å².